The van der Waals surface area contributed by atoms with Gasteiger partial charge in [0.25, 0.3) is 0 Å². The molecule has 1 heterocycles. The van der Waals surface area contributed by atoms with Crippen molar-refractivity contribution in [2.24, 2.45) is 0 Å². The molecule has 0 radical (unpaired) electrons. The molecule has 0 spiro atoms. The number of nitrogens with one attached hydrogen (secondary N) is 1. The van der Waals surface area contributed by atoms with Gasteiger partial charge in [-0.3, -0.25) is 9.59 Å². The molecule has 1 saturated heterocycles. The van der Waals surface area contributed by atoms with E-state index in [9.17, 15) is 9.59 Å². The molecule has 1 amide bonds. The molecular formula is C21H23ClN2O2. The van der Waals surface area contributed by atoms with E-state index in [1.54, 1.807) is 18.2 Å². The van der Waals surface area contributed by atoms with Gasteiger partial charge in [-0.1, -0.05) is 41.4 Å². The van der Waals surface area contributed by atoms with Crippen molar-refractivity contribution in [3.8, 4) is 0 Å². The Morgan fingerprint density at radius 2 is 1.73 bits per heavy atom. The number of carbonyl (C=O) groups excluding carboxylic acids is 2. The summed E-state index contributed by atoms with van der Waals surface area (Å²) in [6, 6.07) is 13.0. The maximum Gasteiger partial charge on any atom is 0.224 e. The second-order valence-electron chi connectivity index (χ2n) is 6.69. The third kappa shape index (κ3) is 4.64. The predicted octanol–water partition coefficient (Wildman–Crippen LogP) is 4.85. The molecule has 1 aliphatic rings. The number of halogens is 1. The van der Waals surface area contributed by atoms with E-state index >= 15 is 0 Å². The zero-order valence-electron chi connectivity index (χ0n) is 14.9. The number of amides is 1. The largest absolute Gasteiger partial charge is 0.370 e. The van der Waals surface area contributed by atoms with Gasteiger partial charge in [0.1, 0.15) is 0 Å². The molecule has 136 valence electrons. The van der Waals surface area contributed by atoms with Crippen LogP contribution in [-0.2, 0) is 4.79 Å². The first kappa shape index (κ1) is 18.5. The third-order valence-corrected chi connectivity index (χ3v) is 4.87. The molecule has 1 aliphatic heterocycles. The Balaban J connectivity index is 1.62. The lowest BCUT2D eigenvalue weighted by Crippen LogP contribution is -2.21. The van der Waals surface area contributed by atoms with Gasteiger partial charge in [0.15, 0.2) is 5.78 Å². The molecule has 26 heavy (non-hydrogen) atoms. The lowest BCUT2D eigenvalue weighted by atomic mass is 10.0. The Hall–Kier alpha value is -2.33. The van der Waals surface area contributed by atoms with E-state index in [4.69, 9.17) is 11.6 Å². The highest BCUT2D eigenvalue weighted by atomic mass is 35.5. The van der Waals surface area contributed by atoms with E-state index < -0.39 is 0 Å². The second kappa shape index (κ2) is 8.37. The highest BCUT2D eigenvalue weighted by Crippen LogP contribution is 2.31. The Morgan fingerprint density at radius 1 is 1.04 bits per heavy atom. The minimum Gasteiger partial charge on any atom is -0.370 e. The normalized spacial score (nSPS) is 13.7. The number of benzene rings is 2. The van der Waals surface area contributed by atoms with Crippen LogP contribution in [0, 0.1) is 6.92 Å². The quantitative estimate of drug-likeness (QED) is 0.739. The molecule has 0 atom stereocenters. The first-order valence-electron chi connectivity index (χ1n) is 8.97. The minimum absolute atomic E-state index is 0.0222. The van der Waals surface area contributed by atoms with Crippen molar-refractivity contribution >= 4 is 34.7 Å². The summed E-state index contributed by atoms with van der Waals surface area (Å²) in [6.45, 7) is 3.94. The smallest absolute Gasteiger partial charge is 0.224 e. The van der Waals surface area contributed by atoms with Crippen molar-refractivity contribution in [2.75, 3.05) is 23.3 Å². The number of rotatable bonds is 6. The topological polar surface area (TPSA) is 49.4 Å². The first-order valence-corrected chi connectivity index (χ1v) is 9.35. The van der Waals surface area contributed by atoms with Crippen LogP contribution in [0.2, 0.25) is 5.02 Å². The number of aryl methyl sites for hydroxylation is 1. The standard InChI is InChI=1S/C21H23ClN2O2/c1-15-4-6-16(7-5-15)20(25)10-11-21(26)23-18-14-17(22)8-9-19(18)24-12-2-3-13-24/h4-9,14H,2-3,10-13H2,1H3,(H,23,26). The van der Waals surface area contributed by atoms with Gasteiger partial charge in [-0.15, -0.1) is 0 Å². The molecule has 2 aromatic carbocycles. The van der Waals surface area contributed by atoms with Gasteiger partial charge in [0, 0.05) is 36.5 Å². The van der Waals surface area contributed by atoms with E-state index in [2.05, 4.69) is 10.2 Å². The maximum absolute atomic E-state index is 12.4. The molecule has 4 nitrogen and oxygen atoms in total. The molecule has 1 N–H and O–H groups in total. The minimum atomic E-state index is -0.173. The lowest BCUT2D eigenvalue weighted by Gasteiger charge is -2.21. The van der Waals surface area contributed by atoms with Gasteiger partial charge in [-0.05, 0) is 38.0 Å². The highest BCUT2D eigenvalue weighted by molar-refractivity contribution is 6.31. The third-order valence-electron chi connectivity index (χ3n) is 4.63. The van der Waals surface area contributed by atoms with Crippen LogP contribution in [0.15, 0.2) is 42.5 Å². The fourth-order valence-electron chi connectivity index (χ4n) is 3.17. The van der Waals surface area contributed by atoms with Gasteiger partial charge in [0.2, 0.25) is 5.91 Å². The average Bonchev–Trinajstić information content (AvgIpc) is 3.15. The zero-order valence-corrected chi connectivity index (χ0v) is 15.7. The number of Topliss-reactive ketones (excluding diaryl/α,β-unsaturated/α-hetero) is 1. The number of hydrogen-bond donors (Lipinski definition) is 1. The van der Waals surface area contributed by atoms with Crippen molar-refractivity contribution < 1.29 is 9.59 Å². The maximum atomic E-state index is 12.4. The number of ketones is 1. The van der Waals surface area contributed by atoms with E-state index in [0.717, 1.165) is 37.2 Å². The Bertz CT molecular complexity index is 796. The van der Waals surface area contributed by atoms with Gasteiger partial charge >= 0.3 is 0 Å². The van der Waals surface area contributed by atoms with Crippen molar-refractivity contribution in [3.63, 3.8) is 0 Å². The van der Waals surface area contributed by atoms with Crippen LogP contribution in [-0.4, -0.2) is 24.8 Å². The van der Waals surface area contributed by atoms with E-state index in [1.165, 1.54) is 0 Å². The number of carbonyl (C=O) groups is 2. The summed E-state index contributed by atoms with van der Waals surface area (Å²) in [5, 5.41) is 3.51. The number of anilines is 2. The van der Waals surface area contributed by atoms with Crippen molar-refractivity contribution in [1.82, 2.24) is 0 Å². The average molecular weight is 371 g/mol. The molecule has 2 aromatic rings. The number of nitrogens with zero attached hydrogens (tertiary/aromatic N) is 1. The zero-order chi connectivity index (χ0) is 18.5. The summed E-state index contributed by atoms with van der Waals surface area (Å²) in [7, 11) is 0. The molecule has 0 aromatic heterocycles. The lowest BCUT2D eigenvalue weighted by molar-refractivity contribution is -0.116. The molecule has 0 aliphatic carbocycles. The fraction of sp³-hybridized carbons (Fsp3) is 0.333. The monoisotopic (exact) mass is 370 g/mol. The Kier molecular flexibility index (Phi) is 5.94. The number of hydrogen-bond acceptors (Lipinski definition) is 3. The van der Waals surface area contributed by atoms with Gasteiger partial charge in [-0.25, -0.2) is 0 Å². The van der Waals surface area contributed by atoms with Crippen LogP contribution in [0.4, 0.5) is 11.4 Å². The van der Waals surface area contributed by atoms with Crippen LogP contribution in [0.3, 0.4) is 0 Å². The van der Waals surface area contributed by atoms with Gasteiger partial charge in [0.05, 0.1) is 11.4 Å². The molecule has 0 unspecified atom stereocenters. The fourth-order valence-corrected chi connectivity index (χ4v) is 3.34. The van der Waals surface area contributed by atoms with Crippen LogP contribution in [0.25, 0.3) is 0 Å². The Labute approximate surface area is 159 Å². The summed E-state index contributed by atoms with van der Waals surface area (Å²) in [6.07, 6.45) is 2.65. The van der Waals surface area contributed by atoms with Crippen molar-refractivity contribution in [3.05, 3.63) is 58.6 Å². The van der Waals surface area contributed by atoms with Crippen LogP contribution in [0.5, 0.6) is 0 Å². The first-order chi connectivity index (χ1) is 12.5. The van der Waals surface area contributed by atoms with Crippen LogP contribution >= 0.6 is 11.6 Å². The SMILES string of the molecule is Cc1ccc(C(=O)CCC(=O)Nc2cc(Cl)ccc2N2CCCC2)cc1. The van der Waals surface area contributed by atoms with Crippen molar-refractivity contribution in [1.29, 1.82) is 0 Å². The molecule has 5 heteroatoms. The predicted molar refractivity (Wildman–Crippen MR) is 106 cm³/mol. The van der Waals surface area contributed by atoms with Gasteiger partial charge < -0.3 is 10.2 Å². The summed E-state index contributed by atoms with van der Waals surface area (Å²) < 4.78 is 0. The summed E-state index contributed by atoms with van der Waals surface area (Å²) in [5.41, 5.74) is 3.45. The van der Waals surface area contributed by atoms with E-state index in [-0.39, 0.29) is 24.5 Å². The van der Waals surface area contributed by atoms with Crippen molar-refractivity contribution in [2.45, 2.75) is 32.6 Å². The molecule has 0 bridgehead atoms. The highest BCUT2D eigenvalue weighted by Gasteiger charge is 2.18. The summed E-state index contributed by atoms with van der Waals surface area (Å²) >= 11 is 6.10. The van der Waals surface area contributed by atoms with E-state index in [0.29, 0.717) is 16.3 Å². The molecular weight excluding hydrogens is 348 g/mol. The summed E-state index contributed by atoms with van der Waals surface area (Å²) in [4.78, 5) is 26.8. The van der Waals surface area contributed by atoms with Crippen LogP contribution < -0.4 is 10.2 Å². The Morgan fingerprint density at radius 3 is 2.42 bits per heavy atom. The molecule has 1 fully saturated rings. The summed E-state index contributed by atoms with van der Waals surface area (Å²) in [5.74, 6) is -0.195. The molecule has 0 saturated carbocycles. The molecule has 3 rings (SSSR count). The van der Waals surface area contributed by atoms with E-state index in [1.807, 2.05) is 31.2 Å². The van der Waals surface area contributed by atoms with Crippen LogP contribution in [0.1, 0.15) is 41.6 Å². The second-order valence-corrected chi connectivity index (χ2v) is 7.13. The van der Waals surface area contributed by atoms with Gasteiger partial charge in [-0.2, -0.15) is 0 Å².